The molecule has 1 saturated heterocycles. The topological polar surface area (TPSA) is 41.6 Å². The molecule has 0 radical (unpaired) electrons. The monoisotopic (exact) mass is 402 g/mol. The molecule has 4 rings (SSSR count). The number of amides is 1. The van der Waals surface area contributed by atoms with Gasteiger partial charge in [0.25, 0.3) is 0 Å². The van der Waals surface area contributed by atoms with Crippen molar-refractivity contribution in [3.63, 3.8) is 0 Å². The Morgan fingerprint density at radius 3 is 2.47 bits per heavy atom. The second-order valence-corrected chi connectivity index (χ2v) is 8.00. The summed E-state index contributed by atoms with van der Waals surface area (Å²) in [6.07, 6.45) is 4.13. The summed E-state index contributed by atoms with van der Waals surface area (Å²) in [7, 11) is 1.69. The van der Waals surface area contributed by atoms with E-state index in [2.05, 4.69) is 40.5 Å². The molecule has 4 heteroatoms. The summed E-state index contributed by atoms with van der Waals surface area (Å²) >= 11 is 0. The summed E-state index contributed by atoms with van der Waals surface area (Å²) in [6, 6.07) is 22.8. The molecule has 30 heavy (non-hydrogen) atoms. The van der Waals surface area contributed by atoms with Crippen LogP contribution in [-0.4, -0.2) is 37.6 Å². The van der Waals surface area contributed by atoms with Crippen LogP contribution in [0.25, 0.3) is 10.8 Å². The molecular weight excluding hydrogens is 372 g/mol. The molecule has 1 fully saturated rings. The molecule has 1 unspecified atom stereocenters. The molecule has 0 aliphatic carbocycles. The highest BCUT2D eigenvalue weighted by atomic mass is 16.5. The third-order valence-corrected chi connectivity index (χ3v) is 6.06. The minimum atomic E-state index is 0.0712. The first kappa shape index (κ1) is 20.4. The van der Waals surface area contributed by atoms with E-state index in [4.69, 9.17) is 4.74 Å². The van der Waals surface area contributed by atoms with Crippen molar-refractivity contribution in [2.24, 2.45) is 0 Å². The normalized spacial score (nSPS) is 15.6. The van der Waals surface area contributed by atoms with Crippen LogP contribution >= 0.6 is 0 Å². The Balaban J connectivity index is 1.46. The molecule has 1 aliphatic rings. The van der Waals surface area contributed by atoms with Gasteiger partial charge in [0.05, 0.1) is 19.6 Å². The van der Waals surface area contributed by atoms with E-state index in [1.54, 1.807) is 7.11 Å². The second-order valence-electron chi connectivity index (χ2n) is 8.00. The number of methoxy groups -OCH3 is 1. The van der Waals surface area contributed by atoms with Crippen molar-refractivity contribution in [2.75, 3.05) is 26.7 Å². The molecule has 1 aliphatic heterocycles. The van der Waals surface area contributed by atoms with E-state index in [9.17, 15) is 4.79 Å². The first-order chi connectivity index (χ1) is 14.7. The summed E-state index contributed by atoms with van der Waals surface area (Å²) in [5, 5.41) is 5.53. The number of fused-ring (bicyclic) bond motifs is 1. The van der Waals surface area contributed by atoms with Crippen molar-refractivity contribution in [1.82, 2.24) is 10.2 Å². The Morgan fingerprint density at radius 2 is 1.70 bits per heavy atom. The largest absolute Gasteiger partial charge is 0.497 e. The molecule has 1 amide bonds. The predicted molar refractivity (Wildman–Crippen MR) is 122 cm³/mol. The van der Waals surface area contributed by atoms with Gasteiger partial charge in [0, 0.05) is 6.54 Å². The highest BCUT2D eigenvalue weighted by Crippen LogP contribution is 2.26. The molecule has 1 N–H and O–H groups in total. The Morgan fingerprint density at radius 1 is 0.967 bits per heavy atom. The lowest BCUT2D eigenvalue weighted by molar-refractivity contribution is -0.120. The van der Waals surface area contributed by atoms with Crippen LogP contribution in [0.4, 0.5) is 0 Å². The SMILES string of the molecule is COc1ccc(C(CNC(=O)Cc2cccc3ccccc23)N2CCCCC2)cc1. The number of carbonyl (C=O) groups excluding carboxylic acids is 1. The standard InChI is InChI=1S/C26H30N2O2/c1-30-23-14-12-21(13-15-23)25(28-16-5-2-6-17-28)19-27-26(29)18-22-10-7-9-20-8-3-4-11-24(20)22/h3-4,7-15,25H,2,5-6,16-19H2,1H3,(H,27,29). The summed E-state index contributed by atoms with van der Waals surface area (Å²) < 4.78 is 5.31. The van der Waals surface area contributed by atoms with Gasteiger partial charge in [-0.05, 0) is 60.0 Å². The summed E-state index contributed by atoms with van der Waals surface area (Å²) in [5.74, 6) is 0.929. The van der Waals surface area contributed by atoms with E-state index >= 15 is 0 Å². The number of carbonyl (C=O) groups is 1. The molecule has 0 aromatic heterocycles. The van der Waals surface area contributed by atoms with Crippen molar-refractivity contribution in [3.05, 3.63) is 77.9 Å². The molecule has 3 aromatic rings. The van der Waals surface area contributed by atoms with Crippen LogP contribution in [0.15, 0.2) is 66.7 Å². The van der Waals surface area contributed by atoms with Crippen LogP contribution in [0.5, 0.6) is 5.75 Å². The van der Waals surface area contributed by atoms with Gasteiger partial charge in [-0.25, -0.2) is 0 Å². The zero-order valence-corrected chi connectivity index (χ0v) is 17.6. The number of ether oxygens (including phenoxy) is 1. The summed E-state index contributed by atoms with van der Waals surface area (Å²) in [4.78, 5) is 15.3. The Labute approximate surface area is 178 Å². The maximum absolute atomic E-state index is 12.8. The van der Waals surface area contributed by atoms with Gasteiger partial charge < -0.3 is 10.1 Å². The fraction of sp³-hybridized carbons (Fsp3) is 0.346. The smallest absolute Gasteiger partial charge is 0.224 e. The Kier molecular flexibility index (Phi) is 6.65. The quantitative estimate of drug-likeness (QED) is 0.621. The molecule has 4 nitrogen and oxygen atoms in total. The highest BCUT2D eigenvalue weighted by Gasteiger charge is 2.23. The van der Waals surface area contributed by atoms with Crippen molar-refractivity contribution in [2.45, 2.75) is 31.7 Å². The van der Waals surface area contributed by atoms with Crippen LogP contribution in [0.1, 0.15) is 36.4 Å². The third kappa shape index (κ3) is 4.82. The number of benzene rings is 3. The summed E-state index contributed by atoms with van der Waals surface area (Å²) in [5.41, 5.74) is 2.30. The molecule has 1 atom stereocenters. The number of nitrogens with one attached hydrogen (secondary N) is 1. The fourth-order valence-electron chi connectivity index (χ4n) is 4.41. The second kappa shape index (κ2) is 9.77. The van der Waals surface area contributed by atoms with E-state index in [0.29, 0.717) is 13.0 Å². The molecule has 0 bridgehead atoms. The van der Waals surface area contributed by atoms with Gasteiger partial charge in [-0.1, -0.05) is 61.0 Å². The minimum Gasteiger partial charge on any atom is -0.497 e. The number of likely N-dealkylation sites (tertiary alicyclic amines) is 1. The van der Waals surface area contributed by atoms with Gasteiger partial charge in [-0.3, -0.25) is 9.69 Å². The number of hydrogen-bond acceptors (Lipinski definition) is 3. The molecular formula is C26H30N2O2. The average molecular weight is 403 g/mol. The highest BCUT2D eigenvalue weighted by molar-refractivity contribution is 5.90. The van der Waals surface area contributed by atoms with Gasteiger partial charge in [0.15, 0.2) is 0 Å². The first-order valence-electron chi connectivity index (χ1n) is 10.9. The van der Waals surface area contributed by atoms with Gasteiger partial charge in [-0.15, -0.1) is 0 Å². The Hall–Kier alpha value is -2.85. The zero-order chi connectivity index (χ0) is 20.8. The number of rotatable bonds is 7. The van der Waals surface area contributed by atoms with Crippen molar-refractivity contribution in [1.29, 1.82) is 0 Å². The molecule has 1 heterocycles. The molecule has 3 aromatic carbocycles. The lowest BCUT2D eigenvalue weighted by atomic mass is 10.0. The molecule has 0 saturated carbocycles. The predicted octanol–water partition coefficient (Wildman–Crippen LogP) is 4.73. The van der Waals surface area contributed by atoms with E-state index in [-0.39, 0.29) is 11.9 Å². The van der Waals surface area contributed by atoms with E-state index < -0.39 is 0 Å². The van der Waals surface area contributed by atoms with Crippen LogP contribution in [0.3, 0.4) is 0 Å². The van der Waals surface area contributed by atoms with Crippen molar-refractivity contribution >= 4 is 16.7 Å². The molecule has 0 spiro atoms. The maximum Gasteiger partial charge on any atom is 0.224 e. The van der Waals surface area contributed by atoms with Crippen LogP contribution < -0.4 is 10.1 Å². The number of nitrogens with zero attached hydrogens (tertiary/aromatic N) is 1. The van der Waals surface area contributed by atoms with Gasteiger partial charge in [0.2, 0.25) is 5.91 Å². The zero-order valence-electron chi connectivity index (χ0n) is 17.6. The Bertz CT molecular complexity index is 972. The van der Waals surface area contributed by atoms with Crippen LogP contribution in [-0.2, 0) is 11.2 Å². The maximum atomic E-state index is 12.8. The van der Waals surface area contributed by atoms with Gasteiger partial charge in [-0.2, -0.15) is 0 Å². The van der Waals surface area contributed by atoms with Crippen molar-refractivity contribution in [3.8, 4) is 5.75 Å². The first-order valence-corrected chi connectivity index (χ1v) is 10.9. The van der Waals surface area contributed by atoms with Crippen LogP contribution in [0, 0.1) is 0 Å². The lowest BCUT2D eigenvalue weighted by Gasteiger charge is -2.35. The number of piperidine rings is 1. The van der Waals surface area contributed by atoms with Gasteiger partial charge >= 0.3 is 0 Å². The lowest BCUT2D eigenvalue weighted by Crippen LogP contribution is -2.41. The third-order valence-electron chi connectivity index (χ3n) is 6.06. The van der Waals surface area contributed by atoms with Crippen molar-refractivity contribution < 1.29 is 9.53 Å². The fourth-order valence-corrected chi connectivity index (χ4v) is 4.41. The summed E-state index contributed by atoms with van der Waals surface area (Å²) in [6.45, 7) is 2.78. The number of hydrogen-bond donors (Lipinski definition) is 1. The minimum absolute atomic E-state index is 0.0712. The van der Waals surface area contributed by atoms with E-state index in [1.807, 2.05) is 36.4 Å². The van der Waals surface area contributed by atoms with E-state index in [1.165, 1.54) is 30.2 Å². The van der Waals surface area contributed by atoms with E-state index in [0.717, 1.165) is 29.8 Å². The van der Waals surface area contributed by atoms with Gasteiger partial charge in [0.1, 0.15) is 5.75 Å². The average Bonchev–Trinajstić information content (AvgIpc) is 2.80. The molecule has 156 valence electrons. The van der Waals surface area contributed by atoms with Crippen LogP contribution in [0.2, 0.25) is 0 Å².